The van der Waals surface area contributed by atoms with Gasteiger partial charge in [-0.2, -0.15) is 0 Å². The molecule has 0 atom stereocenters. The zero-order valence-corrected chi connectivity index (χ0v) is 6.95. The molecule has 0 aromatic carbocycles. The molecule has 0 heterocycles. The van der Waals surface area contributed by atoms with E-state index in [0.29, 0.717) is 12.8 Å². The standard InChI is InChI=1S/C8H14O4/c9-6-7(10)12-8(11)4-2-1-3-5-8/h9,11H,1-6H2. The number of carbonyl (C=O) groups is 1. The lowest BCUT2D eigenvalue weighted by Gasteiger charge is -2.30. The van der Waals surface area contributed by atoms with Gasteiger partial charge >= 0.3 is 5.97 Å². The fraction of sp³-hybridized carbons (Fsp3) is 0.875. The molecule has 0 amide bonds. The Hall–Kier alpha value is -0.610. The molecule has 0 aromatic rings. The summed E-state index contributed by atoms with van der Waals surface area (Å²) in [5.74, 6) is -2.06. The van der Waals surface area contributed by atoms with Crippen LogP contribution in [0.3, 0.4) is 0 Å². The zero-order chi connectivity index (χ0) is 9.03. The Morgan fingerprint density at radius 1 is 1.33 bits per heavy atom. The van der Waals surface area contributed by atoms with Gasteiger partial charge < -0.3 is 14.9 Å². The predicted molar refractivity (Wildman–Crippen MR) is 41.2 cm³/mol. The molecule has 0 saturated heterocycles. The second-order valence-corrected chi connectivity index (χ2v) is 3.14. The Labute approximate surface area is 71.2 Å². The first kappa shape index (κ1) is 9.48. The summed E-state index contributed by atoms with van der Waals surface area (Å²) in [4.78, 5) is 10.7. The molecule has 0 spiro atoms. The largest absolute Gasteiger partial charge is 0.432 e. The fourth-order valence-corrected chi connectivity index (χ4v) is 1.45. The summed E-state index contributed by atoms with van der Waals surface area (Å²) >= 11 is 0. The molecule has 1 fully saturated rings. The fourth-order valence-electron chi connectivity index (χ4n) is 1.45. The van der Waals surface area contributed by atoms with Crippen LogP contribution in [0.2, 0.25) is 0 Å². The molecule has 1 aliphatic carbocycles. The summed E-state index contributed by atoms with van der Waals surface area (Å²) in [6.45, 7) is -0.664. The van der Waals surface area contributed by atoms with Gasteiger partial charge in [0.2, 0.25) is 5.79 Å². The Morgan fingerprint density at radius 3 is 2.42 bits per heavy atom. The summed E-state index contributed by atoms with van der Waals surface area (Å²) in [6, 6.07) is 0. The van der Waals surface area contributed by atoms with E-state index in [0.717, 1.165) is 19.3 Å². The minimum Gasteiger partial charge on any atom is -0.432 e. The number of aliphatic hydroxyl groups is 2. The summed E-state index contributed by atoms with van der Waals surface area (Å²) in [5, 5.41) is 18.0. The van der Waals surface area contributed by atoms with Gasteiger partial charge in [-0.3, -0.25) is 0 Å². The van der Waals surface area contributed by atoms with Gasteiger partial charge in [0.1, 0.15) is 6.61 Å². The number of hydrogen-bond acceptors (Lipinski definition) is 4. The van der Waals surface area contributed by atoms with Crippen molar-refractivity contribution in [1.82, 2.24) is 0 Å². The van der Waals surface area contributed by atoms with Crippen LogP contribution in [0.5, 0.6) is 0 Å². The van der Waals surface area contributed by atoms with Gasteiger partial charge in [0.05, 0.1) is 0 Å². The number of hydrogen-bond donors (Lipinski definition) is 2. The Bertz CT molecular complexity index is 160. The lowest BCUT2D eigenvalue weighted by atomic mass is 9.94. The van der Waals surface area contributed by atoms with E-state index < -0.39 is 18.4 Å². The van der Waals surface area contributed by atoms with E-state index in [-0.39, 0.29) is 0 Å². The van der Waals surface area contributed by atoms with E-state index in [1.165, 1.54) is 0 Å². The average molecular weight is 174 g/mol. The van der Waals surface area contributed by atoms with Crippen LogP contribution in [0.25, 0.3) is 0 Å². The van der Waals surface area contributed by atoms with Crippen LogP contribution in [-0.2, 0) is 9.53 Å². The molecule has 12 heavy (non-hydrogen) atoms. The average Bonchev–Trinajstić information content (AvgIpc) is 2.05. The third-order valence-electron chi connectivity index (χ3n) is 2.07. The number of carbonyl (C=O) groups excluding carboxylic acids is 1. The van der Waals surface area contributed by atoms with Crippen LogP contribution in [0.1, 0.15) is 32.1 Å². The van der Waals surface area contributed by atoms with E-state index in [1.807, 2.05) is 0 Å². The first-order valence-electron chi connectivity index (χ1n) is 4.21. The summed E-state index contributed by atoms with van der Waals surface area (Å²) in [7, 11) is 0. The quantitative estimate of drug-likeness (QED) is 0.462. The molecule has 4 nitrogen and oxygen atoms in total. The Kier molecular flexibility index (Phi) is 3.05. The van der Waals surface area contributed by atoms with Crippen molar-refractivity contribution in [2.75, 3.05) is 6.61 Å². The van der Waals surface area contributed by atoms with Crippen LogP contribution in [0, 0.1) is 0 Å². The van der Waals surface area contributed by atoms with Gasteiger partial charge in [0, 0.05) is 12.8 Å². The van der Waals surface area contributed by atoms with Gasteiger partial charge in [0.15, 0.2) is 0 Å². The zero-order valence-electron chi connectivity index (χ0n) is 6.95. The number of aliphatic hydroxyl groups excluding tert-OH is 1. The van der Waals surface area contributed by atoms with Crippen molar-refractivity contribution in [1.29, 1.82) is 0 Å². The maximum atomic E-state index is 10.7. The molecule has 0 radical (unpaired) electrons. The molecule has 1 saturated carbocycles. The molecule has 1 aliphatic rings. The van der Waals surface area contributed by atoms with E-state index in [2.05, 4.69) is 0 Å². The SMILES string of the molecule is O=C(CO)OC1(O)CCCCC1. The highest BCUT2D eigenvalue weighted by molar-refractivity contribution is 5.70. The first-order chi connectivity index (χ1) is 5.66. The number of rotatable bonds is 2. The van der Waals surface area contributed by atoms with E-state index in [4.69, 9.17) is 9.84 Å². The molecule has 2 N–H and O–H groups in total. The van der Waals surface area contributed by atoms with Crippen molar-refractivity contribution >= 4 is 5.97 Å². The molecule has 4 heteroatoms. The highest BCUT2D eigenvalue weighted by atomic mass is 16.7. The van der Waals surface area contributed by atoms with E-state index in [9.17, 15) is 9.90 Å². The second kappa shape index (κ2) is 3.87. The third kappa shape index (κ3) is 2.46. The summed E-state index contributed by atoms with van der Waals surface area (Å²) in [6.07, 6.45) is 3.78. The maximum absolute atomic E-state index is 10.7. The van der Waals surface area contributed by atoms with Crippen molar-refractivity contribution in [3.05, 3.63) is 0 Å². The van der Waals surface area contributed by atoms with Crippen molar-refractivity contribution in [2.45, 2.75) is 37.9 Å². The smallest absolute Gasteiger partial charge is 0.334 e. The number of ether oxygens (including phenoxy) is 1. The lowest BCUT2D eigenvalue weighted by Crippen LogP contribution is -2.37. The summed E-state index contributed by atoms with van der Waals surface area (Å²) in [5.41, 5.74) is 0. The highest BCUT2D eigenvalue weighted by Crippen LogP contribution is 2.28. The van der Waals surface area contributed by atoms with E-state index >= 15 is 0 Å². The Balaban J connectivity index is 2.41. The molecule has 0 aromatic heterocycles. The summed E-state index contributed by atoms with van der Waals surface area (Å²) < 4.78 is 4.69. The van der Waals surface area contributed by atoms with Crippen LogP contribution >= 0.6 is 0 Å². The Morgan fingerprint density at radius 2 is 1.92 bits per heavy atom. The molecule has 70 valence electrons. The molecule has 0 aliphatic heterocycles. The van der Waals surface area contributed by atoms with Crippen molar-refractivity contribution in [3.63, 3.8) is 0 Å². The lowest BCUT2D eigenvalue weighted by molar-refractivity contribution is -0.222. The third-order valence-corrected chi connectivity index (χ3v) is 2.07. The van der Waals surface area contributed by atoms with Crippen LogP contribution in [0.4, 0.5) is 0 Å². The molecular formula is C8H14O4. The van der Waals surface area contributed by atoms with Crippen LogP contribution < -0.4 is 0 Å². The van der Waals surface area contributed by atoms with Gasteiger partial charge in [-0.05, 0) is 12.8 Å². The maximum Gasteiger partial charge on any atom is 0.334 e. The second-order valence-electron chi connectivity index (χ2n) is 3.14. The number of esters is 1. The van der Waals surface area contributed by atoms with E-state index in [1.54, 1.807) is 0 Å². The minimum atomic E-state index is -1.31. The monoisotopic (exact) mass is 174 g/mol. The van der Waals surface area contributed by atoms with Gasteiger partial charge in [-0.1, -0.05) is 6.42 Å². The van der Waals surface area contributed by atoms with Crippen molar-refractivity contribution < 1.29 is 19.7 Å². The van der Waals surface area contributed by atoms with Gasteiger partial charge in [-0.25, -0.2) is 4.79 Å². The van der Waals surface area contributed by atoms with Gasteiger partial charge in [-0.15, -0.1) is 0 Å². The molecule has 1 rings (SSSR count). The predicted octanol–water partition coefficient (Wildman–Crippen LogP) is 0.175. The molecule has 0 unspecified atom stereocenters. The minimum absolute atomic E-state index is 0.485. The molecule has 0 bridgehead atoms. The van der Waals surface area contributed by atoms with Crippen LogP contribution in [-0.4, -0.2) is 28.6 Å². The normalized spacial score (nSPS) is 21.8. The first-order valence-corrected chi connectivity index (χ1v) is 4.21. The highest BCUT2D eigenvalue weighted by Gasteiger charge is 2.32. The van der Waals surface area contributed by atoms with Crippen molar-refractivity contribution in [2.24, 2.45) is 0 Å². The van der Waals surface area contributed by atoms with Gasteiger partial charge in [0.25, 0.3) is 0 Å². The van der Waals surface area contributed by atoms with Crippen molar-refractivity contribution in [3.8, 4) is 0 Å². The molecular weight excluding hydrogens is 160 g/mol. The van der Waals surface area contributed by atoms with Crippen LogP contribution in [0.15, 0.2) is 0 Å². The topological polar surface area (TPSA) is 66.8 Å².